The number of nitrogens with two attached hydrogens (primary N) is 1. The molecule has 1 unspecified atom stereocenters. The van der Waals surface area contributed by atoms with E-state index in [9.17, 15) is 9.90 Å². The first kappa shape index (κ1) is 18.7. The zero-order valence-electron chi connectivity index (χ0n) is 15.5. The van der Waals surface area contributed by atoms with E-state index < -0.39 is 5.54 Å². The summed E-state index contributed by atoms with van der Waals surface area (Å²) in [5.74, 6) is 6.78. The predicted molar refractivity (Wildman–Crippen MR) is 102 cm³/mol. The summed E-state index contributed by atoms with van der Waals surface area (Å²) in [6.07, 6.45) is 0.885. The highest BCUT2D eigenvalue weighted by atomic mass is 16.5. The van der Waals surface area contributed by atoms with Crippen molar-refractivity contribution in [1.82, 2.24) is 9.91 Å². The largest absolute Gasteiger partial charge is 0.508 e. The quantitative estimate of drug-likeness (QED) is 0.676. The minimum Gasteiger partial charge on any atom is -0.508 e. The van der Waals surface area contributed by atoms with E-state index in [2.05, 4.69) is 0 Å². The van der Waals surface area contributed by atoms with Crippen molar-refractivity contribution in [2.45, 2.75) is 25.3 Å². The summed E-state index contributed by atoms with van der Waals surface area (Å²) in [7, 11) is 1.59. The summed E-state index contributed by atoms with van der Waals surface area (Å²) in [5, 5.41) is 19.1. The number of hydrogen-bond donors (Lipinski definition) is 3. The van der Waals surface area contributed by atoms with Gasteiger partial charge in [-0.1, -0.05) is 24.3 Å². The second kappa shape index (κ2) is 7.28. The summed E-state index contributed by atoms with van der Waals surface area (Å²) >= 11 is 0. The van der Waals surface area contributed by atoms with Gasteiger partial charge < -0.3 is 9.84 Å². The number of carbonyl (C=O) groups excluding carboxylic acids is 1. The number of aromatic hydroxyl groups is 1. The summed E-state index contributed by atoms with van der Waals surface area (Å²) in [6.45, 7) is 2.07. The average molecular weight is 368 g/mol. The van der Waals surface area contributed by atoms with Crippen molar-refractivity contribution < 1.29 is 14.6 Å². The monoisotopic (exact) mass is 368 g/mol. The predicted octanol–water partition coefficient (Wildman–Crippen LogP) is 1.90. The van der Waals surface area contributed by atoms with Crippen LogP contribution in [0.25, 0.3) is 0 Å². The van der Waals surface area contributed by atoms with Crippen LogP contribution in [-0.2, 0) is 17.6 Å². The number of carbonyl (C=O) groups is 1. The minimum absolute atomic E-state index is 0.0226. The smallest absolute Gasteiger partial charge is 0.256 e. The number of guanidine groups is 1. The van der Waals surface area contributed by atoms with Gasteiger partial charge in [0.05, 0.1) is 7.11 Å². The van der Waals surface area contributed by atoms with Gasteiger partial charge in [-0.05, 0) is 48.7 Å². The lowest BCUT2D eigenvalue weighted by atomic mass is 9.92. The maximum absolute atomic E-state index is 13.1. The Hall–Kier alpha value is -3.06. The normalized spacial score (nSPS) is 19.7. The van der Waals surface area contributed by atoms with Gasteiger partial charge in [0, 0.05) is 13.0 Å². The number of amides is 1. The lowest BCUT2D eigenvalue weighted by molar-refractivity contribution is -0.132. The molecule has 4 N–H and O–H groups in total. The van der Waals surface area contributed by atoms with E-state index in [0.29, 0.717) is 25.1 Å². The molecular formula is C20H24N4O3. The van der Waals surface area contributed by atoms with Crippen molar-refractivity contribution in [1.29, 1.82) is 5.41 Å². The van der Waals surface area contributed by atoms with Gasteiger partial charge in [0.25, 0.3) is 5.91 Å². The maximum atomic E-state index is 13.1. The molecule has 1 atom stereocenters. The molecule has 27 heavy (non-hydrogen) atoms. The lowest BCUT2D eigenvalue weighted by Gasteiger charge is -2.28. The fourth-order valence-corrected chi connectivity index (χ4v) is 3.35. The Morgan fingerprint density at radius 3 is 2.59 bits per heavy atom. The van der Waals surface area contributed by atoms with Crippen molar-refractivity contribution in [2.24, 2.45) is 5.84 Å². The van der Waals surface area contributed by atoms with Gasteiger partial charge in [0.2, 0.25) is 5.96 Å². The molecule has 0 bridgehead atoms. The number of nitrogens with one attached hydrogen (secondary N) is 1. The van der Waals surface area contributed by atoms with Crippen LogP contribution in [0.5, 0.6) is 11.5 Å². The lowest BCUT2D eigenvalue weighted by Crippen LogP contribution is -2.52. The van der Waals surface area contributed by atoms with Crippen LogP contribution >= 0.6 is 0 Å². The average Bonchev–Trinajstić information content (AvgIpc) is 2.81. The number of benzene rings is 2. The van der Waals surface area contributed by atoms with Gasteiger partial charge in [-0.3, -0.25) is 20.1 Å². The molecule has 1 amide bonds. The molecule has 2 aromatic carbocycles. The molecule has 7 heteroatoms. The van der Waals surface area contributed by atoms with Gasteiger partial charge >= 0.3 is 0 Å². The number of phenols is 1. The maximum Gasteiger partial charge on any atom is 0.256 e. The van der Waals surface area contributed by atoms with E-state index in [0.717, 1.165) is 11.1 Å². The Labute approximate surface area is 158 Å². The molecule has 3 rings (SSSR count). The second-order valence-electron chi connectivity index (χ2n) is 6.87. The minimum atomic E-state index is -1.04. The summed E-state index contributed by atoms with van der Waals surface area (Å²) < 4.78 is 5.24. The number of rotatable bonds is 6. The van der Waals surface area contributed by atoms with Gasteiger partial charge in [0.15, 0.2) is 0 Å². The first-order valence-electron chi connectivity index (χ1n) is 8.71. The second-order valence-corrected chi connectivity index (χ2v) is 6.87. The fourth-order valence-electron chi connectivity index (χ4n) is 3.35. The molecule has 1 fully saturated rings. The van der Waals surface area contributed by atoms with Crippen molar-refractivity contribution in [2.75, 3.05) is 13.7 Å². The highest BCUT2D eigenvalue weighted by Crippen LogP contribution is 2.29. The van der Waals surface area contributed by atoms with E-state index in [1.165, 1.54) is 9.91 Å². The standard InChI is InChI=1S/C20H24N4O3/c1-20(13-15-6-4-8-17(12-15)27-2)18(26)23(19(21)24(20)22)10-9-14-5-3-7-16(25)11-14/h3-8,11-12,21,25H,9-10,13,22H2,1-2H3. The molecule has 7 nitrogen and oxygen atoms in total. The molecule has 0 aromatic heterocycles. The number of phenolic OH excluding ortho intramolecular Hbond substituents is 1. The SMILES string of the molecule is COc1cccc(CC2(C)C(=O)N(CCc3cccc(O)c3)C(=N)N2N)c1. The third-order valence-corrected chi connectivity index (χ3v) is 4.94. The molecule has 142 valence electrons. The van der Waals surface area contributed by atoms with Gasteiger partial charge in [0.1, 0.15) is 17.0 Å². The number of ether oxygens (including phenoxy) is 1. The topological polar surface area (TPSA) is 103 Å². The number of nitrogens with zero attached hydrogens (tertiary/aromatic N) is 2. The number of methoxy groups -OCH3 is 1. The molecule has 0 spiro atoms. The third-order valence-electron chi connectivity index (χ3n) is 4.94. The molecule has 1 saturated heterocycles. The molecule has 1 aliphatic heterocycles. The summed E-state index contributed by atoms with van der Waals surface area (Å²) in [6, 6.07) is 14.4. The van der Waals surface area contributed by atoms with Crippen LogP contribution in [-0.4, -0.2) is 46.1 Å². The van der Waals surface area contributed by atoms with Crippen LogP contribution in [0.15, 0.2) is 48.5 Å². The van der Waals surface area contributed by atoms with Crippen molar-refractivity contribution in [3.05, 3.63) is 59.7 Å². The number of hydrogen-bond acceptors (Lipinski definition) is 5. The van der Waals surface area contributed by atoms with E-state index in [4.69, 9.17) is 16.0 Å². The van der Waals surface area contributed by atoms with E-state index in [-0.39, 0.29) is 17.6 Å². The zero-order valence-corrected chi connectivity index (χ0v) is 15.5. The first-order valence-corrected chi connectivity index (χ1v) is 8.71. The molecule has 0 saturated carbocycles. The molecule has 0 aliphatic carbocycles. The Morgan fingerprint density at radius 1 is 1.19 bits per heavy atom. The molecule has 0 radical (unpaired) electrons. The van der Waals surface area contributed by atoms with Gasteiger partial charge in [-0.15, -0.1) is 0 Å². The zero-order chi connectivity index (χ0) is 19.6. The molecule has 1 aliphatic rings. The fraction of sp³-hybridized carbons (Fsp3) is 0.300. The highest BCUT2D eigenvalue weighted by molar-refractivity contribution is 6.07. The van der Waals surface area contributed by atoms with Crippen LogP contribution in [0.4, 0.5) is 0 Å². The van der Waals surface area contributed by atoms with E-state index in [1.807, 2.05) is 30.3 Å². The number of hydrazine groups is 1. The van der Waals surface area contributed by atoms with Crippen molar-refractivity contribution in [3.8, 4) is 11.5 Å². The summed E-state index contributed by atoms with van der Waals surface area (Å²) in [4.78, 5) is 14.5. The van der Waals surface area contributed by atoms with Crippen LogP contribution < -0.4 is 10.6 Å². The van der Waals surface area contributed by atoms with Crippen LogP contribution in [0, 0.1) is 5.41 Å². The molecule has 2 aromatic rings. The molecular weight excluding hydrogens is 344 g/mol. The summed E-state index contributed by atoms with van der Waals surface area (Å²) in [5.41, 5.74) is 0.756. The Bertz CT molecular complexity index is 870. The van der Waals surface area contributed by atoms with Gasteiger partial charge in [-0.25, -0.2) is 5.84 Å². The van der Waals surface area contributed by atoms with Gasteiger partial charge in [-0.2, -0.15) is 0 Å². The Balaban J connectivity index is 1.77. The van der Waals surface area contributed by atoms with Crippen molar-refractivity contribution in [3.63, 3.8) is 0 Å². The van der Waals surface area contributed by atoms with Crippen LogP contribution in [0.1, 0.15) is 18.1 Å². The van der Waals surface area contributed by atoms with E-state index in [1.54, 1.807) is 32.2 Å². The first-order chi connectivity index (χ1) is 12.8. The van der Waals surface area contributed by atoms with Crippen LogP contribution in [0.3, 0.4) is 0 Å². The Kier molecular flexibility index (Phi) is 5.05. The molecule has 1 heterocycles. The highest BCUT2D eigenvalue weighted by Gasteiger charge is 2.51. The van der Waals surface area contributed by atoms with Crippen LogP contribution in [0.2, 0.25) is 0 Å². The van der Waals surface area contributed by atoms with E-state index >= 15 is 0 Å². The van der Waals surface area contributed by atoms with Crippen molar-refractivity contribution >= 4 is 11.9 Å². The third kappa shape index (κ3) is 3.59. The Morgan fingerprint density at radius 2 is 1.89 bits per heavy atom.